The van der Waals surface area contributed by atoms with Crippen LogP contribution in [-0.4, -0.2) is 28.0 Å². The van der Waals surface area contributed by atoms with Gasteiger partial charge in [-0.15, -0.1) is 0 Å². The quantitative estimate of drug-likeness (QED) is 0.846. The number of nitrogens with one attached hydrogen (secondary N) is 1. The molecule has 1 rings (SSSR count). The molecule has 0 spiro atoms. The van der Waals surface area contributed by atoms with Crippen LogP contribution in [0.5, 0.6) is 0 Å². The van der Waals surface area contributed by atoms with Crippen molar-refractivity contribution >= 4 is 33.5 Å². The van der Waals surface area contributed by atoms with Gasteiger partial charge in [0.05, 0.1) is 0 Å². The standard InChI is InChI=1S/C10H16BrN3S/c1-4-9-13-8(11)5-10(14-9)12-7(2)6-15-3/h5,7H,4,6H2,1-3H3,(H,12,13,14). The first kappa shape index (κ1) is 12.8. The molecule has 0 aliphatic carbocycles. The van der Waals surface area contributed by atoms with E-state index in [1.54, 1.807) is 0 Å². The summed E-state index contributed by atoms with van der Waals surface area (Å²) in [5, 5.41) is 3.36. The second kappa shape index (κ2) is 6.33. The monoisotopic (exact) mass is 289 g/mol. The predicted molar refractivity (Wildman–Crippen MR) is 70.6 cm³/mol. The molecule has 1 aromatic heterocycles. The number of anilines is 1. The van der Waals surface area contributed by atoms with Crippen molar-refractivity contribution in [1.29, 1.82) is 0 Å². The molecule has 0 bridgehead atoms. The van der Waals surface area contributed by atoms with Gasteiger partial charge in [0, 0.05) is 24.3 Å². The number of hydrogen-bond donors (Lipinski definition) is 1. The van der Waals surface area contributed by atoms with Crippen molar-refractivity contribution in [2.45, 2.75) is 26.3 Å². The maximum atomic E-state index is 4.41. The molecule has 0 amide bonds. The van der Waals surface area contributed by atoms with Crippen LogP contribution < -0.4 is 5.32 Å². The molecule has 5 heteroatoms. The molecule has 84 valence electrons. The molecule has 15 heavy (non-hydrogen) atoms. The second-order valence-electron chi connectivity index (χ2n) is 3.35. The summed E-state index contributed by atoms with van der Waals surface area (Å²) in [7, 11) is 0. The van der Waals surface area contributed by atoms with Crippen LogP contribution in [0.4, 0.5) is 5.82 Å². The lowest BCUT2D eigenvalue weighted by atomic mass is 10.4. The number of halogens is 1. The lowest BCUT2D eigenvalue weighted by molar-refractivity contribution is 0.873. The van der Waals surface area contributed by atoms with Crippen molar-refractivity contribution in [1.82, 2.24) is 9.97 Å². The molecular weight excluding hydrogens is 274 g/mol. The molecule has 1 unspecified atom stereocenters. The molecule has 0 aliphatic rings. The Morgan fingerprint density at radius 2 is 2.27 bits per heavy atom. The fourth-order valence-corrected chi connectivity index (χ4v) is 2.25. The number of thioether (sulfide) groups is 1. The van der Waals surface area contributed by atoms with Crippen molar-refractivity contribution in [3.63, 3.8) is 0 Å². The minimum atomic E-state index is 0.423. The third-order valence-corrected chi connectivity index (χ3v) is 3.11. The van der Waals surface area contributed by atoms with Gasteiger partial charge in [-0.25, -0.2) is 9.97 Å². The van der Waals surface area contributed by atoms with Crippen molar-refractivity contribution in [3.8, 4) is 0 Å². The summed E-state index contributed by atoms with van der Waals surface area (Å²) >= 11 is 5.21. The molecular formula is C10H16BrN3S. The van der Waals surface area contributed by atoms with Gasteiger partial charge in [-0.2, -0.15) is 11.8 Å². The van der Waals surface area contributed by atoms with E-state index in [2.05, 4.69) is 51.3 Å². The van der Waals surface area contributed by atoms with E-state index in [0.717, 1.165) is 28.4 Å². The lowest BCUT2D eigenvalue weighted by Crippen LogP contribution is -2.19. The number of rotatable bonds is 5. The number of hydrogen-bond acceptors (Lipinski definition) is 4. The number of aromatic nitrogens is 2. The fraction of sp³-hybridized carbons (Fsp3) is 0.600. The summed E-state index contributed by atoms with van der Waals surface area (Å²) in [6.45, 7) is 4.20. The molecule has 0 aromatic carbocycles. The fourth-order valence-electron chi connectivity index (χ4n) is 1.24. The average molecular weight is 290 g/mol. The van der Waals surface area contributed by atoms with Gasteiger partial charge >= 0.3 is 0 Å². The van der Waals surface area contributed by atoms with Crippen molar-refractivity contribution in [3.05, 3.63) is 16.5 Å². The SMILES string of the molecule is CCc1nc(Br)cc(NC(C)CSC)n1. The predicted octanol–water partition coefficient (Wildman–Crippen LogP) is 2.96. The van der Waals surface area contributed by atoms with Crippen LogP contribution in [-0.2, 0) is 6.42 Å². The van der Waals surface area contributed by atoms with E-state index in [9.17, 15) is 0 Å². The minimum absolute atomic E-state index is 0.423. The summed E-state index contributed by atoms with van der Waals surface area (Å²) in [6.07, 6.45) is 2.95. The maximum absolute atomic E-state index is 4.41. The van der Waals surface area contributed by atoms with Gasteiger partial charge in [0.15, 0.2) is 0 Å². The molecule has 0 saturated carbocycles. The highest BCUT2D eigenvalue weighted by molar-refractivity contribution is 9.10. The molecule has 0 fully saturated rings. The summed E-state index contributed by atoms with van der Waals surface area (Å²) in [4.78, 5) is 8.68. The molecule has 3 nitrogen and oxygen atoms in total. The number of nitrogens with zero attached hydrogens (tertiary/aromatic N) is 2. The largest absolute Gasteiger partial charge is 0.367 e. The number of aryl methyl sites for hydroxylation is 1. The third-order valence-electron chi connectivity index (χ3n) is 1.87. The van der Waals surface area contributed by atoms with E-state index in [1.165, 1.54) is 0 Å². The minimum Gasteiger partial charge on any atom is -0.367 e. The van der Waals surface area contributed by atoms with Crippen molar-refractivity contribution in [2.75, 3.05) is 17.3 Å². The van der Waals surface area contributed by atoms with E-state index >= 15 is 0 Å². The zero-order valence-corrected chi connectivity index (χ0v) is 11.7. The van der Waals surface area contributed by atoms with Gasteiger partial charge in [-0.1, -0.05) is 6.92 Å². The first-order valence-electron chi connectivity index (χ1n) is 4.94. The van der Waals surface area contributed by atoms with E-state index in [-0.39, 0.29) is 0 Å². The molecule has 0 radical (unpaired) electrons. The van der Waals surface area contributed by atoms with Gasteiger partial charge in [-0.05, 0) is 29.1 Å². The zero-order valence-electron chi connectivity index (χ0n) is 9.25. The Kier molecular flexibility index (Phi) is 5.39. The third kappa shape index (κ3) is 4.38. The highest BCUT2D eigenvalue weighted by Gasteiger charge is 2.05. The second-order valence-corrected chi connectivity index (χ2v) is 5.07. The average Bonchev–Trinajstić information content (AvgIpc) is 2.17. The normalized spacial score (nSPS) is 12.5. The van der Waals surface area contributed by atoms with Crippen molar-refractivity contribution < 1.29 is 0 Å². The molecule has 1 N–H and O–H groups in total. The molecule has 0 saturated heterocycles. The zero-order chi connectivity index (χ0) is 11.3. The Bertz CT molecular complexity index is 320. The van der Waals surface area contributed by atoms with Gasteiger partial charge in [0.1, 0.15) is 16.2 Å². The molecule has 1 aromatic rings. The van der Waals surface area contributed by atoms with E-state index in [0.29, 0.717) is 6.04 Å². The first-order chi connectivity index (χ1) is 7.15. The van der Waals surface area contributed by atoms with Crippen LogP contribution in [0.3, 0.4) is 0 Å². The Morgan fingerprint density at radius 3 is 2.87 bits per heavy atom. The molecule has 1 heterocycles. The van der Waals surface area contributed by atoms with Crippen molar-refractivity contribution in [2.24, 2.45) is 0 Å². The Hall–Kier alpha value is -0.290. The lowest BCUT2D eigenvalue weighted by Gasteiger charge is -2.13. The van der Waals surface area contributed by atoms with E-state index < -0.39 is 0 Å². The van der Waals surface area contributed by atoms with E-state index in [1.807, 2.05) is 17.8 Å². The topological polar surface area (TPSA) is 37.8 Å². The van der Waals surface area contributed by atoms with Crippen LogP contribution in [0.1, 0.15) is 19.7 Å². The van der Waals surface area contributed by atoms with Crippen LogP contribution in [0.25, 0.3) is 0 Å². The summed E-state index contributed by atoms with van der Waals surface area (Å²) in [6, 6.07) is 2.34. The van der Waals surface area contributed by atoms with E-state index in [4.69, 9.17) is 0 Å². The van der Waals surface area contributed by atoms with Crippen LogP contribution in [0, 0.1) is 0 Å². The highest BCUT2D eigenvalue weighted by atomic mass is 79.9. The highest BCUT2D eigenvalue weighted by Crippen LogP contribution is 2.14. The van der Waals surface area contributed by atoms with Crippen LogP contribution >= 0.6 is 27.7 Å². The van der Waals surface area contributed by atoms with Gasteiger partial charge in [0.25, 0.3) is 0 Å². The van der Waals surface area contributed by atoms with Gasteiger partial charge in [-0.3, -0.25) is 0 Å². The first-order valence-corrected chi connectivity index (χ1v) is 7.13. The summed E-state index contributed by atoms with van der Waals surface area (Å²) < 4.78 is 0.841. The van der Waals surface area contributed by atoms with Gasteiger partial charge < -0.3 is 5.32 Å². The molecule has 1 atom stereocenters. The van der Waals surface area contributed by atoms with Crippen LogP contribution in [0.2, 0.25) is 0 Å². The molecule has 0 aliphatic heterocycles. The smallest absolute Gasteiger partial charge is 0.131 e. The van der Waals surface area contributed by atoms with Crippen LogP contribution in [0.15, 0.2) is 10.7 Å². The Labute approximate surface area is 104 Å². The van der Waals surface area contributed by atoms with Gasteiger partial charge in [0.2, 0.25) is 0 Å². The summed E-state index contributed by atoms with van der Waals surface area (Å²) in [5.74, 6) is 2.84. The summed E-state index contributed by atoms with van der Waals surface area (Å²) in [5.41, 5.74) is 0. The Balaban J connectivity index is 2.71. The maximum Gasteiger partial charge on any atom is 0.131 e. The Morgan fingerprint density at radius 1 is 1.53 bits per heavy atom.